The Balaban J connectivity index is 2.40. The number of benzene rings is 2. The molecule has 0 unspecified atom stereocenters. The average Bonchev–Trinajstić information content (AvgIpc) is 2.78. The third-order valence-electron chi connectivity index (χ3n) is 3.04. The van der Waals surface area contributed by atoms with E-state index in [1.807, 2.05) is 6.07 Å². The van der Waals surface area contributed by atoms with Crippen LogP contribution >= 0.6 is 28.1 Å². The summed E-state index contributed by atoms with van der Waals surface area (Å²) in [6, 6.07) is 8.97. The van der Waals surface area contributed by atoms with Crippen molar-refractivity contribution in [3.8, 4) is 11.8 Å². The Labute approximate surface area is 131 Å². The van der Waals surface area contributed by atoms with E-state index in [2.05, 4.69) is 20.9 Å². The van der Waals surface area contributed by atoms with Crippen molar-refractivity contribution in [2.75, 3.05) is 0 Å². The standard InChI is InChI=1S/C14H6BrF2N3S/c15-8-4-10(17)12(5-9(8)16)20-13-3-7(6-18)1-2-11(13)19-14(20)21/h1-5H,(H,19,21). The van der Waals surface area contributed by atoms with Crippen molar-refractivity contribution < 1.29 is 8.78 Å². The van der Waals surface area contributed by atoms with Gasteiger partial charge in [0, 0.05) is 6.07 Å². The Morgan fingerprint density at radius 2 is 1.95 bits per heavy atom. The van der Waals surface area contributed by atoms with Crippen molar-refractivity contribution in [3.05, 3.63) is 56.8 Å². The number of hydrogen-bond donors (Lipinski definition) is 1. The normalized spacial score (nSPS) is 10.8. The lowest BCUT2D eigenvalue weighted by molar-refractivity contribution is 0.588. The molecule has 3 rings (SSSR count). The van der Waals surface area contributed by atoms with E-state index < -0.39 is 11.6 Å². The lowest BCUT2D eigenvalue weighted by Gasteiger charge is -2.07. The molecule has 3 aromatic rings. The molecule has 0 aliphatic carbocycles. The predicted octanol–water partition coefficient (Wildman–Crippen LogP) is 4.60. The summed E-state index contributed by atoms with van der Waals surface area (Å²) in [6.45, 7) is 0. The lowest BCUT2D eigenvalue weighted by atomic mass is 10.2. The van der Waals surface area contributed by atoms with Gasteiger partial charge >= 0.3 is 0 Å². The third kappa shape index (κ3) is 2.26. The van der Waals surface area contributed by atoms with Crippen molar-refractivity contribution in [3.63, 3.8) is 0 Å². The molecule has 7 heteroatoms. The summed E-state index contributed by atoms with van der Waals surface area (Å²) >= 11 is 8.11. The molecule has 0 saturated heterocycles. The molecule has 21 heavy (non-hydrogen) atoms. The molecule has 104 valence electrons. The summed E-state index contributed by atoms with van der Waals surface area (Å²) in [5.41, 5.74) is 1.55. The summed E-state index contributed by atoms with van der Waals surface area (Å²) in [7, 11) is 0. The van der Waals surface area contributed by atoms with Gasteiger partial charge in [0.25, 0.3) is 0 Å². The lowest BCUT2D eigenvalue weighted by Crippen LogP contribution is -1.99. The number of aromatic nitrogens is 2. The third-order valence-corrected chi connectivity index (χ3v) is 3.94. The van der Waals surface area contributed by atoms with Gasteiger partial charge in [-0.1, -0.05) is 0 Å². The number of hydrogen-bond acceptors (Lipinski definition) is 2. The Morgan fingerprint density at radius 1 is 1.19 bits per heavy atom. The maximum atomic E-state index is 14.1. The van der Waals surface area contributed by atoms with Crippen LogP contribution in [0.15, 0.2) is 34.8 Å². The zero-order valence-corrected chi connectivity index (χ0v) is 12.7. The van der Waals surface area contributed by atoms with Gasteiger partial charge in [-0.25, -0.2) is 8.78 Å². The zero-order chi connectivity index (χ0) is 15.1. The average molecular weight is 366 g/mol. The van der Waals surface area contributed by atoms with Crippen LogP contribution in [0.3, 0.4) is 0 Å². The van der Waals surface area contributed by atoms with Crippen molar-refractivity contribution in [2.24, 2.45) is 0 Å². The van der Waals surface area contributed by atoms with Crippen LogP contribution in [-0.2, 0) is 0 Å². The number of halogens is 3. The van der Waals surface area contributed by atoms with Crippen LogP contribution in [0.5, 0.6) is 0 Å². The summed E-state index contributed by atoms with van der Waals surface area (Å²) < 4.78 is 29.5. The van der Waals surface area contributed by atoms with Gasteiger partial charge in [-0.3, -0.25) is 4.57 Å². The highest BCUT2D eigenvalue weighted by atomic mass is 79.9. The number of imidazole rings is 1. The second kappa shape index (κ2) is 5.06. The van der Waals surface area contributed by atoms with Crippen LogP contribution in [0.2, 0.25) is 0 Å². The summed E-state index contributed by atoms with van der Waals surface area (Å²) in [4.78, 5) is 2.91. The molecule has 0 aliphatic heterocycles. The molecule has 0 radical (unpaired) electrons. The zero-order valence-electron chi connectivity index (χ0n) is 10.3. The molecule has 2 aromatic carbocycles. The number of rotatable bonds is 1. The number of aromatic amines is 1. The summed E-state index contributed by atoms with van der Waals surface area (Å²) in [5, 5.41) is 8.96. The van der Waals surface area contributed by atoms with Crippen molar-refractivity contribution in [2.45, 2.75) is 0 Å². The molecule has 1 N–H and O–H groups in total. The second-order valence-electron chi connectivity index (χ2n) is 4.33. The van der Waals surface area contributed by atoms with Crippen LogP contribution in [0.25, 0.3) is 16.7 Å². The van der Waals surface area contributed by atoms with Crippen LogP contribution in [0.1, 0.15) is 5.56 Å². The topological polar surface area (TPSA) is 44.5 Å². The first-order valence-electron chi connectivity index (χ1n) is 5.81. The van der Waals surface area contributed by atoms with E-state index in [1.54, 1.807) is 18.2 Å². The summed E-state index contributed by atoms with van der Waals surface area (Å²) in [6.07, 6.45) is 0. The fourth-order valence-corrected chi connectivity index (χ4v) is 2.72. The fourth-order valence-electron chi connectivity index (χ4n) is 2.09. The van der Waals surface area contributed by atoms with Gasteiger partial charge in [-0.15, -0.1) is 0 Å². The van der Waals surface area contributed by atoms with Gasteiger partial charge in [-0.2, -0.15) is 5.26 Å². The SMILES string of the molecule is N#Cc1ccc2[nH]c(=S)n(-c3cc(F)c(Br)cc3F)c2c1. The molecule has 0 saturated carbocycles. The highest BCUT2D eigenvalue weighted by Crippen LogP contribution is 2.26. The van der Waals surface area contributed by atoms with Crippen molar-refractivity contribution in [1.29, 1.82) is 5.26 Å². The first-order valence-corrected chi connectivity index (χ1v) is 7.01. The van der Waals surface area contributed by atoms with E-state index in [0.29, 0.717) is 16.6 Å². The van der Waals surface area contributed by atoms with Gasteiger partial charge in [0.1, 0.15) is 11.6 Å². The largest absolute Gasteiger partial charge is 0.330 e. The van der Waals surface area contributed by atoms with E-state index in [1.165, 1.54) is 4.57 Å². The van der Waals surface area contributed by atoms with E-state index in [4.69, 9.17) is 17.5 Å². The van der Waals surface area contributed by atoms with E-state index >= 15 is 0 Å². The molecule has 0 fully saturated rings. The number of nitrogens with zero attached hydrogens (tertiary/aromatic N) is 2. The van der Waals surface area contributed by atoms with E-state index in [0.717, 1.165) is 12.1 Å². The molecular formula is C14H6BrF2N3S. The molecular weight excluding hydrogens is 360 g/mol. The molecule has 0 aliphatic rings. The van der Waals surface area contributed by atoms with Crippen molar-refractivity contribution in [1.82, 2.24) is 9.55 Å². The number of nitriles is 1. The number of fused-ring (bicyclic) bond motifs is 1. The minimum absolute atomic E-state index is 0.0120. The van der Waals surface area contributed by atoms with Gasteiger partial charge < -0.3 is 4.98 Å². The molecule has 0 spiro atoms. The first-order chi connectivity index (χ1) is 10.0. The molecule has 0 atom stereocenters. The van der Waals surface area contributed by atoms with Gasteiger partial charge in [-0.05, 0) is 52.4 Å². The van der Waals surface area contributed by atoms with Crippen LogP contribution in [0.4, 0.5) is 8.78 Å². The Hall–Kier alpha value is -2.04. The van der Waals surface area contributed by atoms with E-state index in [9.17, 15) is 8.78 Å². The fraction of sp³-hybridized carbons (Fsp3) is 0. The molecule has 3 nitrogen and oxygen atoms in total. The van der Waals surface area contributed by atoms with Gasteiger partial charge in [0.2, 0.25) is 0 Å². The van der Waals surface area contributed by atoms with Gasteiger partial charge in [0.15, 0.2) is 4.77 Å². The highest BCUT2D eigenvalue weighted by molar-refractivity contribution is 9.10. The predicted molar refractivity (Wildman–Crippen MR) is 80.8 cm³/mol. The smallest absolute Gasteiger partial charge is 0.182 e. The Bertz CT molecular complexity index is 969. The van der Waals surface area contributed by atoms with Crippen LogP contribution in [0, 0.1) is 27.7 Å². The monoisotopic (exact) mass is 365 g/mol. The molecule has 1 heterocycles. The number of nitrogens with one attached hydrogen (secondary N) is 1. The van der Waals surface area contributed by atoms with Crippen molar-refractivity contribution >= 4 is 39.2 Å². The molecule has 0 amide bonds. The minimum atomic E-state index is -0.623. The highest BCUT2D eigenvalue weighted by Gasteiger charge is 2.14. The van der Waals surface area contributed by atoms with Crippen LogP contribution < -0.4 is 0 Å². The number of H-pyrrole nitrogens is 1. The molecule has 0 bridgehead atoms. The second-order valence-corrected chi connectivity index (χ2v) is 5.57. The van der Waals surface area contributed by atoms with Crippen LogP contribution in [-0.4, -0.2) is 9.55 Å². The minimum Gasteiger partial charge on any atom is -0.330 e. The maximum absolute atomic E-state index is 14.1. The summed E-state index contributed by atoms with van der Waals surface area (Å²) in [5.74, 6) is -1.22. The van der Waals surface area contributed by atoms with E-state index in [-0.39, 0.29) is 14.9 Å². The van der Waals surface area contributed by atoms with Gasteiger partial charge in [0.05, 0.1) is 32.8 Å². The Morgan fingerprint density at radius 3 is 2.67 bits per heavy atom. The molecule has 1 aromatic heterocycles. The first kappa shape index (κ1) is 13.9. The quantitative estimate of drug-likeness (QED) is 0.505. The Kier molecular flexibility index (Phi) is 3.35. The maximum Gasteiger partial charge on any atom is 0.182 e.